The molecule has 0 amide bonds. The van der Waals surface area contributed by atoms with Crippen molar-refractivity contribution >= 4 is 12.6 Å². The second-order valence-corrected chi connectivity index (χ2v) is 3.64. The second-order valence-electron chi connectivity index (χ2n) is 3.64. The van der Waals surface area contributed by atoms with Gasteiger partial charge in [-0.15, -0.1) is 0 Å². The molecule has 1 aromatic heterocycles. The maximum atomic E-state index is 9.57. The molecule has 0 spiro atoms. The van der Waals surface area contributed by atoms with Crippen LogP contribution in [0.3, 0.4) is 0 Å². The summed E-state index contributed by atoms with van der Waals surface area (Å²) in [5, 5.41) is 9.57. The van der Waals surface area contributed by atoms with Crippen molar-refractivity contribution in [2.45, 2.75) is 6.61 Å². The van der Waals surface area contributed by atoms with Crippen LogP contribution in [0.25, 0.3) is 5.69 Å². The predicted octanol–water partition coefficient (Wildman–Crippen LogP) is 0.695. The Labute approximate surface area is 88.1 Å². The van der Waals surface area contributed by atoms with Gasteiger partial charge >= 0.3 is 7.12 Å². The highest BCUT2D eigenvalue weighted by atomic mass is 16.5. The van der Waals surface area contributed by atoms with Gasteiger partial charge in [0.2, 0.25) is 0 Å². The van der Waals surface area contributed by atoms with Gasteiger partial charge in [-0.3, -0.25) is 0 Å². The minimum absolute atomic E-state index is 0.502. The number of nitrogens with zero attached hydrogens (tertiary/aromatic N) is 1. The molecule has 0 bridgehead atoms. The van der Waals surface area contributed by atoms with Crippen LogP contribution < -0.4 is 5.46 Å². The van der Waals surface area contributed by atoms with Crippen molar-refractivity contribution in [3.63, 3.8) is 0 Å². The van der Waals surface area contributed by atoms with Crippen LogP contribution in [0.15, 0.2) is 42.7 Å². The average Bonchev–Trinajstić information content (AvgIpc) is 2.88. The zero-order valence-electron chi connectivity index (χ0n) is 8.13. The third-order valence-electron chi connectivity index (χ3n) is 2.69. The van der Waals surface area contributed by atoms with Crippen LogP contribution in [0.1, 0.15) is 5.56 Å². The quantitative estimate of drug-likeness (QED) is 0.685. The predicted molar refractivity (Wildman–Crippen MR) is 58.2 cm³/mol. The first-order valence-corrected chi connectivity index (χ1v) is 4.90. The van der Waals surface area contributed by atoms with E-state index in [1.54, 1.807) is 0 Å². The Morgan fingerprint density at radius 3 is 2.87 bits per heavy atom. The van der Waals surface area contributed by atoms with E-state index >= 15 is 0 Å². The van der Waals surface area contributed by atoms with Gasteiger partial charge in [0.1, 0.15) is 0 Å². The van der Waals surface area contributed by atoms with Crippen molar-refractivity contribution in [2.75, 3.05) is 0 Å². The molecule has 2 aromatic rings. The fourth-order valence-corrected chi connectivity index (χ4v) is 1.87. The number of rotatable bonds is 1. The molecule has 0 atom stereocenters. The summed E-state index contributed by atoms with van der Waals surface area (Å²) in [5.41, 5.74) is 2.99. The van der Waals surface area contributed by atoms with Gasteiger partial charge < -0.3 is 14.2 Å². The Morgan fingerprint density at radius 1 is 1.27 bits per heavy atom. The Balaban J connectivity index is 2.09. The molecule has 0 fully saturated rings. The lowest BCUT2D eigenvalue weighted by atomic mass is 9.79. The zero-order chi connectivity index (χ0) is 10.3. The number of benzene rings is 1. The Bertz CT molecular complexity index is 481. The summed E-state index contributed by atoms with van der Waals surface area (Å²) < 4.78 is 7.15. The number of fused-ring (bicyclic) bond motifs is 1. The first kappa shape index (κ1) is 8.77. The van der Waals surface area contributed by atoms with Crippen LogP contribution >= 0.6 is 0 Å². The molecule has 2 heterocycles. The standard InChI is InChI=1S/C11H10BNO2/c14-12-11-7-10(13-5-1-2-6-13)4-3-9(11)8-15-12/h1-7,14H,8H2. The van der Waals surface area contributed by atoms with Crippen molar-refractivity contribution < 1.29 is 9.68 Å². The highest BCUT2D eigenvalue weighted by Gasteiger charge is 2.27. The van der Waals surface area contributed by atoms with E-state index in [2.05, 4.69) is 0 Å². The van der Waals surface area contributed by atoms with E-state index in [-0.39, 0.29) is 0 Å². The molecule has 15 heavy (non-hydrogen) atoms. The molecule has 3 rings (SSSR count). The topological polar surface area (TPSA) is 34.4 Å². The molecular formula is C11H10BNO2. The molecule has 0 radical (unpaired) electrons. The summed E-state index contributed by atoms with van der Waals surface area (Å²) in [6.45, 7) is 0.502. The molecule has 0 aliphatic carbocycles. The van der Waals surface area contributed by atoms with Crippen LogP contribution in [-0.2, 0) is 11.3 Å². The molecule has 0 saturated carbocycles. The first-order valence-electron chi connectivity index (χ1n) is 4.90. The van der Waals surface area contributed by atoms with Gasteiger partial charge in [-0.05, 0) is 35.3 Å². The van der Waals surface area contributed by atoms with Gasteiger partial charge in [-0.2, -0.15) is 0 Å². The van der Waals surface area contributed by atoms with E-state index < -0.39 is 7.12 Å². The Morgan fingerprint density at radius 2 is 2.07 bits per heavy atom. The van der Waals surface area contributed by atoms with E-state index in [0.717, 1.165) is 16.7 Å². The highest BCUT2D eigenvalue weighted by molar-refractivity contribution is 6.61. The average molecular weight is 199 g/mol. The maximum Gasteiger partial charge on any atom is 0.491 e. The van der Waals surface area contributed by atoms with E-state index in [1.807, 2.05) is 47.3 Å². The van der Waals surface area contributed by atoms with Crippen molar-refractivity contribution in [1.29, 1.82) is 0 Å². The van der Waals surface area contributed by atoms with Crippen LogP contribution in [0, 0.1) is 0 Å². The molecule has 0 saturated heterocycles. The van der Waals surface area contributed by atoms with E-state index in [9.17, 15) is 5.02 Å². The van der Waals surface area contributed by atoms with Crippen LogP contribution in [0.4, 0.5) is 0 Å². The molecule has 74 valence electrons. The molecule has 0 unspecified atom stereocenters. The van der Waals surface area contributed by atoms with Gasteiger partial charge in [-0.25, -0.2) is 0 Å². The van der Waals surface area contributed by atoms with Gasteiger partial charge in [0.25, 0.3) is 0 Å². The largest absolute Gasteiger partial charge is 0.491 e. The summed E-state index contributed by atoms with van der Waals surface area (Å²) in [6.07, 6.45) is 3.95. The fourth-order valence-electron chi connectivity index (χ4n) is 1.87. The van der Waals surface area contributed by atoms with E-state index in [1.165, 1.54) is 0 Å². The smallest absolute Gasteiger partial charge is 0.423 e. The Kier molecular flexibility index (Phi) is 1.90. The van der Waals surface area contributed by atoms with Gasteiger partial charge in [0.15, 0.2) is 0 Å². The molecule has 4 heteroatoms. The lowest BCUT2D eigenvalue weighted by Gasteiger charge is -2.05. The summed E-state index contributed by atoms with van der Waals surface area (Å²) >= 11 is 0. The summed E-state index contributed by atoms with van der Waals surface area (Å²) in [6, 6.07) is 9.94. The normalized spacial score (nSPS) is 14.3. The molecule has 1 aliphatic heterocycles. The minimum atomic E-state index is -0.768. The summed E-state index contributed by atoms with van der Waals surface area (Å²) in [5.74, 6) is 0. The first-order chi connectivity index (χ1) is 7.34. The molecule has 1 N–H and O–H groups in total. The monoisotopic (exact) mass is 199 g/mol. The van der Waals surface area contributed by atoms with Gasteiger partial charge in [-0.1, -0.05) is 6.07 Å². The van der Waals surface area contributed by atoms with Crippen molar-refractivity contribution in [1.82, 2.24) is 4.57 Å². The third-order valence-corrected chi connectivity index (χ3v) is 2.69. The van der Waals surface area contributed by atoms with Gasteiger partial charge in [0, 0.05) is 18.1 Å². The number of hydrogen-bond acceptors (Lipinski definition) is 2. The molecule has 1 aromatic carbocycles. The maximum absolute atomic E-state index is 9.57. The third kappa shape index (κ3) is 1.38. The lowest BCUT2D eigenvalue weighted by molar-refractivity contribution is 0.275. The molecular weight excluding hydrogens is 189 g/mol. The zero-order valence-corrected chi connectivity index (χ0v) is 8.13. The highest BCUT2D eigenvalue weighted by Crippen LogP contribution is 2.14. The van der Waals surface area contributed by atoms with E-state index in [0.29, 0.717) is 6.61 Å². The second kappa shape index (κ2) is 3.26. The number of aromatic nitrogens is 1. The summed E-state index contributed by atoms with van der Waals surface area (Å²) in [7, 11) is -0.768. The van der Waals surface area contributed by atoms with Crippen LogP contribution in [-0.4, -0.2) is 16.7 Å². The van der Waals surface area contributed by atoms with Crippen molar-refractivity contribution in [3.05, 3.63) is 48.3 Å². The minimum Gasteiger partial charge on any atom is -0.423 e. The Hall–Kier alpha value is -1.52. The van der Waals surface area contributed by atoms with Crippen LogP contribution in [0.5, 0.6) is 0 Å². The van der Waals surface area contributed by atoms with Crippen molar-refractivity contribution in [3.8, 4) is 5.69 Å². The SMILES string of the molecule is OB1OCc2ccc(-n3cccc3)cc21. The van der Waals surface area contributed by atoms with Gasteiger partial charge in [0.05, 0.1) is 6.61 Å². The van der Waals surface area contributed by atoms with E-state index in [4.69, 9.17) is 4.65 Å². The number of hydrogen-bond donors (Lipinski definition) is 1. The lowest BCUT2D eigenvalue weighted by Crippen LogP contribution is -2.28. The van der Waals surface area contributed by atoms with Crippen molar-refractivity contribution in [2.24, 2.45) is 0 Å². The molecule has 1 aliphatic rings. The van der Waals surface area contributed by atoms with Crippen LogP contribution in [0.2, 0.25) is 0 Å². The molecule has 3 nitrogen and oxygen atoms in total. The fraction of sp³-hybridized carbons (Fsp3) is 0.0909. The summed E-state index contributed by atoms with van der Waals surface area (Å²) in [4.78, 5) is 0.